The number of aromatic nitrogens is 1. The van der Waals surface area contributed by atoms with E-state index in [1.165, 1.54) is 23.1 Å². The minimum atomic E-state index is -0.657. The molecule has 0 aliphatic rings. The Balaban J connectivity index is 1.13. The molecule has 1 heterocycles. The van der Waals surface area contributed by atoms with Crippen LogP contribution in [0.2, 0.25) is 10.0 Å². The standard InChI is InChI=1S/C43H30Cl2N4O3S2/c44-31-21-22-35(36(45)24-31)38-26-53-43(48-38)49-42(52)39(28-12-3-1-4-13-28)54-33-19-10-18-32(25-33)46-41(51)37(47-40(50)29-14-5-2-6-15-29)23-30-17-9-16-27-11-7-8-20-34(27)30/h1-26,39H,(H,46,51)(H,47,50)(H,48,49,52)/b37-23+. The summed E-state index contributed by atoms with van der Waals surface area (Å²) in [6.45, 7) is 0. The summed E-state index contributed by atoms with van der Waals surface area (Å²) < 4.78 is 0. The van der Waals surface area contributed by atoms with Crippen LogP contribution in [0.5, 0.6) is 0 Å². The van der Waals surface area contributed by atoms with Crippen molar-refractivity contribution >= 4 is 91.7 Å². The zero-order chi connectivity index (χ0) is 37.4. The van der Waals surface area contributed by atoms with E-state index in [-0.39, 0.29) is 11.6 Å². The zero-order valence-electron chi connectivity index (χ0n) is 28.3. The molecule has 7 rings (SSSR count). The normalized spacial score (nSPS) is 11.9. The molecule has 0 radical (unpaired) electrons. The van der Waals surface area contributed by atoms with Crippen LogP contribution in [0.4, 0.5) is 10.8 Å². The SMILES string of the molecule is O=C(Nc1cccc(SC(C(=O)Nc2nc(-c3ccc(Cl)cc3Cl)cs2)c2ccccc2)c1)/C(=C\c1cccc2ccccc12)NC(=O)c1ccccc1. The molecule has 0 saturated carbocycles. The smallest absolute Gasteiger partial charge is 0.272 e. The molecule has 0 spiro atoms. The first-order valence-electron chi connectivity index (χ1n) is 16.7. The van der Waals surface area contributed by atoms with Crippen LogP contribution in [0.25, 0.3) is 28.1 Å². The van der Waals surface area contributed by atoms with Crippen LogP contribution < -0.4 is 16.0 Å². The first kappa shape index (κ1) is 36.6. The molecule has 6 aromatic carbocycles. The number of rotatable bonds is 11. The van der Waals surface area contributed by atoms with Crippen LogP contribution in [0.15, 0.2) is 162 Å². The van der Waals surface area contributed by atoms with E-state index in [2.05, 4.69) is 20.9 Å². The number of hydrogen-bond donors (Lipinski definition) is 3. The molecule has 0 aliphatic carbocycles. The second-order valence-electron chi connectivity index (χ2n) is 12.0. The molecule has 3 amide bonds. The number of halogens is 2. The topological polar surface area (TPSA) is 100 Å². The number of benzene rings is 6. The van der Waals surface area contributed by atoms with Crippen molar-refractivity contribution in [2.24, 2.45) is 0 Å². The van der Waals surface area contributed by atoms with Gasteiger partial charge in [0.15, 0.2) is 5.13 Å². The van der Waals surface area contributed by atoms with Crippen molar-refractivity contribution in [1.82, 2.24) is 10.3 Å². The average Bonchev–Trinajstić information content (AvgIpc) is 3.65. The third kappa shape index (κ3) is 8.90. The fourth-order valence-corrected chi connectivity index (χ4v) is 7.98. The second-order valence-corrected chi connectivity index (χ2v) is 14.9. The molecular weight excluding hydrogens is 756 g/mol. The van der Waals surface area contributed by atoms with Crippen molar-refractivity contribution < 1.29 is 14.4 Å². The number of hydrogen-bond acceptors (Lipinski definition) is 6. The van der Waals surface area contributed by atoms with Gasteiger partial charge in [0.05, 0.1) is 10.7 Å². The molecule has 0 saturated heterocycles. The molecule has 54 heavy (non-hydrogen) atoms. The molecular formula is C43H30Cl2N4O3S2. The number of carbonyl (C=O) groups is 3. The Labute approximate surface area is 330 Å². The van der Waals surface area contributed by atoms with Gasteiger partial charge in [0.1, 0.15) is 10.9 Å². The van der Waals surface area contributed by atoms with Gasteiger partial charge in [0.25, 0.3) is 11.8 Å². The molecule has 11 heteroatoms. The van der Waals surface area contributed by atoms with E-state index in [9.17, 15) is 14.4 Å². The highest BCUT2D eigenvalue weighted by Gasteiger charge is 2.24. The van der Waals surface area contributed by atoms with Gasteiger partial charge in [0, 0.05) is 32.1 Å². The van der Waals surface area contributed by atoms with E-state index in [1.54, 1.807) is 66.7 Å². The Morgan fingerprint density at radius 3 is 2.26 bits per heavy atom. The molecule has 1 unspecified atom stereocenters. The van der Waals surface area contributed by atoms with Crippen molar-refractivity contribution in [3.05, 3.63) is 183 Å². The van der Waals surface area contributed by atoms with Crippen LogP contribution in [0, 0.1) is 0 Å². The Hall–Kier alpha value is -5.71. The van der Waals surface area contributed by atoms with Crippen molar-refractivity contribution in [1.29, 1.82) is 0 Å². The molecule has 266 valence electrons. The number of nitrogens with zero attached hydrogens (tertiary/aromatic N) is 1. The minimum Gasteiger partial charge on any atom is -0.321 e. The largest absolute Gasteiger partial charge is 0.321 e. The third-order valence-electron chi connectivity index (χ3n) is 8.28. The number of thiazole rings is 1. The monoisotopic (exact) mass is 784 g/mol. The summed E-state index contributed by atoms with van der Waals surface area (Å²) in [5, 5.41) is 13.3. The quantitative estimate of drug-likeness (QED) is 0.0896. The Morgan fingerprint density at radius 1 is 0.741 bits per heavy atom. The predicted octanol–water partition coefficient (Wildman–Crippen LogP) is 11.2. The number of thioether (sulfide) groups is 1. The fraction of sp³-hybridized carbons (Fsp3) is 0.0233. The number of anilines is 2. The molecule has 3 N–H and O–H groups in total. The van der Waals surface area contributed by atoms with Gasteiger partial charge in [-0.3, -0.25) is 14.4 Å². The van der Waals surface area contributed by atoms with Gasteiger partial charge in [-0.05, 0) is 76.5 Å². The Bertz CT molecular complexity index is 2500. The molecule has 1 aromatic heterocycles. The van der Waals surface area contributed by atoms with E-state index in [0.717, 1.165) is 26.8 Å². The van der Waals surface area contributed by atoms with E-state index >= 15 is 0 Å². The lowest BCUT2D eigenvalue weighted by Crippen LogP contribution is -2.30. The van der Waals surface area contributed by atoms with E-state index < -0.39 is 17.1 Å². The lowest BCUT2D eigenvalue weighted by atomic mass is 10.0. The molecule has 7 nitrogen and oxygen atoms in total. The summed E-state index contributed by atoms with van der Waals surface area (Å²) in [5.74, 6) is -1.19. The number of amides is 3. The maximum absolute atomic E-state index is 13.9. The van der Waals surface area contributed by atoms with Crippen molar-refractivity contribution in [3.63, 3.8) is 0 Å². The highest BCUT2D eigenvalue weighted by atomic mass is 35.5. The van der Waals surface area contributed by atoms with Crippen LogP contribution in [-0.2, 0) is 9.59 Å². The maximum Gasteiger partial charge on any atom is 0.272 e. The fourth-order valence-electron chi connectivity index (χ4n) is 5.68. The van der Waals surface area contributed by atoms with Crippen LogP contribution in [0.3, 0.4) is 0 Å². The number of fused-ring (bicyclic) bond motifs is 1. The van der Waals surface area contributed by atoms with Gasteiger partial charge in [-0.15, -0.1) is 23.1 Å². The summed E-state index contributed by atoms with van der Waals surface area (Å²) in [6.07, 6.45) is 1.68. The van der Waals surface area contributed by atoms with Gasteiger partial charge in [-0.1, -0.05) is 120 Å². The highest BCUT2D eigenvalue weighted by molar-refractivity contribution is 8.00. The molecule has 1 atom stereocenters. The molecule has 0 aliphatic heterocycles. The Morgan fingerprint density at radius 2 is 1.46 bits per heavy atom. The Kier molecular flexibility index (Phi) is 11.5. The van der Waals surface area contributed by atoms with E-state index in [0.29, 0.717) is 37.7 Å². The summed E-state index contributed by atoms with van der Waals surface area (Å²) >= 11 is 15.1. The van der Waals surface area contributed by atoms with Crippen molar-refractivity contribution in [3.8, 4) is 11.3 Å². The predicted molar refractivity (Wildman–Crippen MR) is 222 cm³/mol. The van der Waals surface area contributed by atoms with Crippen LogP contribution in [0.1, 0.15) is 26.7 Å². The lowest BCUT2D eigenvalue weighted by Gasteiger charge is -2.17. The maximum atomic E-state index is 13.9. The van der Waals surface area contributed by atoms with Gasteiger partial charge in [-0.25, -0.2) is 4.98 Å². The van der Waals surface area contributed by atoms with Crippen LogP contribution in [-0.4, -0.2) is 22.7 Å². The van der Waals surface area contributed by atoms with E-state index in [1.807, 2.05) is 90.3 Å². The van der Waals surface area contributed by atoms with Gasteiger partial charge in [-0.2, -0.15) is 0 Å². The van der Waals surface area contributed by atoms with Crippen molar-refractivity contribution in [2.75, 3.05) is 10.6 Å². The lowest BCUT2D eigenvalue weighted by molar-refractivity contribution is -0.116. The average molecular weight is 786 g/mol. The first-order chi connectivity index (χ1) is 26.3. The number of nitrogens with one attached hydrogen (secondary N) is 3. The molecule has 0 bridgehead atoms. The van der Waals surface area contributed by atoms with Crippen molar-refractivity contribution in [2.45, 2.75) is 10.1 Å². The van der Waals surface area contributed by atoms with Gasteiger partial charge in [0.2, 0.25) is 5.91 Å². The minimum absolute atomic E-state index is 0.0718. The summed E-state index contributed by atoms with van der Waals surface area (Å²) in [7, 11) is 0. The zero-order valence-corrected chi connectivity index (χ0v) is 31.5. The first-order valence-corrected chi connectivity index (χ1v) is 19.2. The van der Waals surface area contributed by atoms with Gasteiger partial charge < -0.3 is 16.0 Å². The third-order valence-corrected chi connectivity index (χ3v) is 10.8. The number of carbonyl (C=O) groups excluding carboxylic acids is 3. The highest BCUT2D eigenvalue weighted by Crippen LogP contribution is 2.38. The second kappa shape index (κ2) is 17.0. The molecule has 7 aromatic rings. The van der Waals surface area contributed by atoms with E-state index in [4.69, 9.17) is 23.2 Å². The summed E-state index contributed by atoms with van der Waals surface area (Å²) in [5.41, 5.74) is 3.87. The van der Waals surface area contributed by atoms with Crippen LogP contribution >= 0.6 is 46.3 Å². The molecule has 0 fully saturated rings. The summed E-state index contributed by atoms with van der Waals surface area (Å²) in [4.78, 5) is 46.5. The summed E-state index contributed by atoms with van der Waals surface area (Å²) in [6, 6.07) is 44.2. The van der Waals surface area contributed by atoms with Gasteiger partial charge >= 0.3 is 0 Å².